The Morgan fingerprint density at radius 1 is 0.867 bits per heavy atom. The van der Waals surface area contributed by atoms with E-state index < -0.39 is 0 Å². The smallest absolute Gasteiger partial charge is 0.227 e. The Balaban J connectivity index is 1.68. The molecule has 3 nitrogen and oxygen atoms in total. The number of benzene rings is 2. The molecule has 3 aromatic heterocycles. The Kier molecular flexibility index (Phi) is 3.36. The minimum absolute atomic E-state index is 0.0806. The van der Waals surface area contributed by atoms with Crippen molar-refractivity contribution in [2.75, 3.05) is 0 Å². The Morgan fingerprint density at radius 3 is 2.50 bits per heavy atom. The molecule has 3 heteroatoms. The number of pyridine rings is 2. The van der Waals surface area contributed by atoms with Crippen molar-refractivity contribution in [3.8, 4) is 22.5 Å². The molecule has 0 radical (unpaired) electrons. The highest BCUT2D eigenvalue weighted by Gasteiger charge is 2.37. The van der Waals surface area contributed by atoms with Gasteiger partial charge in [0.2, 0.25) is 5.71 Å². The molecule has 0 amide bonds. The molecule has 146 valence electrons. The van der Waals surface area contributed by atoms with Gasteiger partial charge in [0.05, 0.1) is 11.4 Å². The molecule has 0 saturated carbocycles. The van der Waals surface area contributed by atoms with Gasteiger partial charge in [0, 0.05) is 33.5 Å². The van der Waals surface area contributed by atoms with Gasteiger partial charge in [0.25, 0.3) is 0 Å². The van der Waals surface area contributed by atoms with Crippen LogP contribution in [-0.2, 0) is 5.41 Å². The van der Waals surface area contributed by atoms with Gasteiger partial charge in [-0.25, -0.2) is 4.98 Å². The molecular weight excluding hydrogens is 368 g/mol. The molecule has 1 aliphatic rings. The van der Waals surface area contributed by atoms with Crippen LogP contribution in [0.1, 0.15) is 36.1 Å². The minimum atomic E-state index is -0.0806. The van der Waals surface area contributed by atoms with E-state index in [-0.39, 0.29) is 5.41 Å². The summed E-state index contributed by atoms with van der Waals surface area (Å²) >= 11 is 0. The number of nitrogens with zero attached hydrogens (tertiary/aromatic N) is 2. The molecule has 0 atom stereocenters. The van der Waals surface area contributed by atoms with Crippen LogP contribution >= 0.6 is 0 Å². The third-order valence-electron chi connectivity index (χ3n) is 6.54. The summed E-state index contributed by atoms with van der Waals surface area (Å²) in [7, 11) is 0. The van der Waals surface area contributed by atoms with Crippen LogP contribution in [0.15, 0.2) is 65.2 Å². The van der Waals surface area contributed by atoms with E-state index in [1.165, 1.54) is 16.7 Å². The van der Waals surface area contributed by atoms with E-state index in [0.29, 0.717) is 5.71 Å². The average Bonchev–Trinajstić information content (AvgIpc) is 3.21. The zero-order valence-electron chi connectivity index (χ0n) is 17.6. The second-order valence-electron chi connectivity index (χ2n) is 8.86. The van der Waals surface area contributed by atoms with Gasteiger partial charge in [0.1, 0.15) is 5.58 Å². The van der Waals surface area contributed by atoms with Crippen LogP contribution in [0.25, 0.3) is 44.6 Å². The molecule has 0 bridgehead atoms. The Hall–Kier alpha value is -3.46. The monoisotopic (exact) mass is 390 g/mol. The van der Waals surface area contributed by atoms with E-state index >= 15 is 0 Å². The molecular formula is C27H22N2O. The fourth-order valence-corrected chi connectivity index (χ4v) is 4.86. The van der Waals surface area contributed by atoms with Crippen LogP contribution in [0.3, 0.4) is 0 Å². The standard InChI is InChI=1S/C27H22N2O/c1-15-9-12-22(28-14-15)23-16(2)10-11-17-19-13-21-24(29-26(19)30-25(17)23)18-7-5-6-8-20(18)27(21,3)4/h5-14H,1-4H3. The lowest BCUT2D eigenvalue weighted by molar-refractivity contribution is 0.647. The van der Waals surface area contributed by atoms with E-state index in [4.69, 9.17) is 9.40 Å². The van der Waals surface area contributed by atoms with Crippen LogP contribution in [0, 0.1) is 13.8 Å². The summed E-state index contributed by atoms with van der Waals surface area (Å²) in [4.78, 5) is 9.69. The van der Waals surface area contributed by atoms with E-state index in [1.54, 1.807) is 0 Å². The highest BCUT2D eigenvalue weighted by molar-refractivity contribution is 6.10. The largest absolute Gasteiger partial charge is 0.437 e. The van der Waals surface area contributed by atoms with Crippen molar-refractivity contribution in [1.82, 2.24) is 9.97 Å². The predicted molar refractivity (Wildman–Crippen MR) is 122 cm³/mol. The third kappa shape index (κ3) is 2.20. The molecule has 0 saturated heterocycles. The third-order valence-corrected chi connectivity index (χ3v) is 6.54. The van der Waals surface area contributed by atoms with Gasteiger partial charge in [-0.3, -0.25) is 4.98 Å². The summed E-state index contributed by atoms with van der Waals surface area (Å²) in [6, 6.07) is 19.3. The first kappa shape index (κ1) is 17.4. The maximum atomic E-state index is 6.41. The molecule has 0 fully saturated rings. The molecule has 0 N–H and O–H groups in total. The first-order chi connectivity index (χ1) is 14.4. The number of aromatic nitrogens is 2. The summed E-state index contributed by atoms with van der Waals surface area (Å²) in [6.07, 6.45) is 1.91. The van der Waals surface area contributed by atoms with Crippen LogP contribution in [0.4, 0.5) is 0 Å². The zero-order valence-corrected chi connectivity index (χ0v) is 17.6. The van der Waals surface area contributed by atoms with Crippen LogP contribution in [0.5, 0.6) is 0 Å². The summed E-state index contributed by atoms with van der Waals surface area (Å²) < 4.78 is 6.41. The first-order valence-electron chi connectivity index (χ1n) is 10.4. The molecule has 3 heterocycles. The van der Waals surface area contributed by atoms with E-state index in [1.807, 2.05) is 6.20 Å². The molecule has 6 rings (SSSR count). The van der Waals surface area contributed by atoms with Gasteiger partial charge < -0.3 is 4.42 Å². The number of aryl methyl sites for hydroxylation is 2. The van der Waals surface area contributed by atoms with Crippen molar-refractivity contribution >= 4 is 22.1 Å². The fraction of sp³-hybridized carbons (Fsp3) is 0.185. The lowest BCUT2D eigenvalue weighted by Gasteiger charge is -2.20. The lowest BCUT2D eigenvalue weighted by atomic mass is 9.82. The van der Waals surface area contributed by atoms with Crippen molar-refractivity contribution in [3.05, 3.63) is 83.0 Å². The normalized spacial score (nSPS) is 14.3. The number of hydrogen-bond acceptors (Lipinski definition) is 3. The molecule has 5 aromatic rings. The average molecular weight is 390 g/mol. The highest BCUT2D eigenvalue weighted by atomic mass is 16.3. The summed E-state index contributed by atoms with van der Waals surface area (Å²) in [5, 5.41) is 2.16. The SMILES string of the molecule is Cc1ccc(-c2c(C)ccc3c2oc2nc4c(cc23)C(C)(C)c2ccccc2-4)nc1. The van der Waals surface area contributed by atoms with Crippen LogP contribution in [0.2, 0.25) is 0 Å². The molecule has 1 aliphatic carbocycles. The van der Waals surface area contributed by atoms with Crippen molar-refractivity contribution in [2.45, 2.75) is 33.1 Å². The second-order valence-corrected chi connectivity index (χ2v) is 8.86. The van der Waals surface area contributed by atoms with E-state index in [0.717, 1.165) is 44.4 Å². The number of hydrogen-bond donors (Lipinski definition) is 0. The maximum Gasteiger partial charge on any atom is 0.227 e. The van der Waals surface area contributed by atoms with Crippen molar-refractivity contribution in [3.63, 3.8) is 0 Å². The molecule has 2 aromatic carbocycles. The zero-order chi connectivity index (χ0) is 20.6. The summed E-state index contributed by atoms with van der Waals surface area (Å²) in [6.45, 7) is 8.71. The van der Waals surface area contributed by atoms with Crippen molar-refractivity contribution < 1.29 is 4.42 Å². The van der Waals surface area contributed by atoms with Gasteiger partial charge in [-0.1, -0.05) is 56.3 Å². The van der Waals surface area contributed by atoms with E-state index in [9.17, 15) is 0 Å². The number of fused-ring (bicyclic) bond motifs is 6. The Labute approximate surface area is 175 Å². The van der Waals surface area contributed by atoms with Crippen molar-refractivity contribution in [2.24, 2.45) is 0 Å². The molecule has 0 unspecified atom stereocenters. The van der Waals surface area contributed by atoms with Crippen LogP contribution < -0.4 is 0 Å². The van der Waals surface area contributed by atoms with Gasteiger partial charge in [0.15, 0.2) is 0 Å². The molecule has 30 heavy (non-hydrogen) atoms. The Morgan fingerprint density at radius 2 is 1.70 bits per heavy atom. The quantitative estimate of drug-likeness (QED) is 0.310. The van der Waals surface area contributed by atoms with Gasteiger partial charge in [-0.2, -0.15) is 0 Å². The van der Waals surface area contributed by atoms with Crippen LogP contribution in [-0.4, -0.2) is 9.97 Å². The van der Waals surface area contributed by atoms with Crippen molar-refractivity contribution in [1.29, 1.82) is 0 Å². The second kappa shape index (κ2) is 5.79. The van der Waals surface area contributed by atoms with Gasteiger partial charge >= 0.3 is 0 Å². The molecule has 0 aliphatic heterocycles. The summed E-state index contributed by atoms with van der Waals surface area (Å²) in [5.41, 5.74) is 10.6. The number of furan rings is 1. The lowest BCUT2D eigenvalue weighted by Crippen LogP contribution is -2.14. The van der Waals surface area contributed by atoms with Gasteiger partial charge in [-0.05, 0) is 48.2 Å². The molecule has 0 spiro atoms. The highest BCUT2D eigenvalue weighted by Crippen LogP contribution is 2.49. The number of rotatable bonds is 1. The predicted octanol–water partition coefficient (Wildman–Crippen LogP) is 6.97. The fourth-order valence-electron chi connectivity index (χ4n) is 4.86. The van der Waals surface area contributed by atoms with E-state index in [2.05, 4.69) is 87.3 Å². The van der Waals surface area contributed by atoms with Gasteiger partial charge in [-0.15, -0.1) is 0 Å². The minimum Gasteiger partial charge on any atom is -0.437 e. The topological polar surface area (TPSA) is 38.9 Å². The first-order valence-corrected chi connectivity index (χ1v) is 10.4. The maximum absolute atomic E-state index is 6.41. The summed E-state index contributed by atoms with van der Waals surface area (Å²) in [5.74, 6) is 0. The Bertz CT molecular complexity index is 1470.